The summed E-state index contributed by atoms with van der Waals surface area (Å²) >= 11 is 12.9. The largest absolute Gasteiger partial charge is 0.390 e. The summed E-state index contributed by atoms with van der Waals surface area (Å²) in [5, 5.41) is 68.3. The van der Waals surface area contributed by atoms with Gasteiger partial charge in [0.25, 0.3) is 0 Å². The summed E-state index contributed by atoms with van der Waals surface area (Å²) in [6, 6.07) is -0.880. The molecule has 0 radical (unpaired) electrons. The summed E-state index contributed by atoms with van der Waals surface area (Å²) in [7, 11) is 0. The molecule has 4 aliphatic rings. The zero-order chi connectivity index (χ0) is 43.4. The molecule has 334 valence electrons. The maximum Gasteiger partial charge on any atom is 0.317 e. The van der Waals surface area contributed by atoms with Crippen molar-refractivity contribution in [1.29, 1.82) is 0 Å². The summed E-state index contributed by atoms with van der Waals surface area (Å²) in [6.45, 7) is 0.671. The molecule has 0 unspecified atom stereocenters. The van der Waals surface area contributed by atoms with E-state index >= 15 is 0 Å². The van der Waals surface area contributed by atoms with Gasteiger partial charge in [0.15, 0.2) is 34.0 Å². The Morgan fingerprint density at radius 1 is 0.651 bits per heavy atom. The van der Waals surface area contributed by atoms with E-state index in [4.69, 9.17) is 28.2 Å². The number of imidazole rings is 2. The first-order valence-electron chi connectivity index (χ1n) is 21.4. The molecular formula is C38H48Cl2N18O5. The number of anilines is 2. The lowest BCUT2D eigenvalue weighted by molar-refractivity contribution is 0.00491. The molecule has 25 heteroatoms. The van der Waals surface area contributed by atoms with Gasteiger partial charge in [0.1, 0.15) is 29.6 Å². The molecule has 6 aromatic rings. The fourth-order valence-electron chi connectivity index (χ4n) is 9.74. The number of rotatable bonds is 11. The number of hydrogen-bond acceptors (Lipinski definition) is 17. The number of piperidine rings is 1. The number of aromatic nitrogens is 14. The molecule has 7 N–H and O–H groups in total. The van der Waals surface area contributed by atoms with E-state index in [-0.39, 0.29) is 66.4 Å². The molecule has 1 aliphatic heterocycles. The molecule has 0 aromatic carbocycles. The lowest BCUT2D eigenvalue weighted by atomic mass is 9.91. The number of carbonyl (C=O) groups excluding carboxylic acids is 1. The van der Waals surface area contributed by atoms with Crippen molar-refractivity contribution in [3.8, 4) is 0 Å². The van der Waals surface area contributed by atoms with Gasteiger partial charge in [-0.3, -0.25) is 0 Å². The van der Waals surface area contributed by atoms with Crippen molar-refractivity contribution in [2.75, 3.05) is 23.7 Å². The second kappa shape index (κ2) is 17.3. The Kier molecular flexibility index (Phi) is 11.5. The maximum atomic E-state index is 13.5. The molecule has 6 atom stereocenters. The number of fused-ring (bicyclic) bond motifs is 2. The van der Waals surface area contributed by atoms with E-state index in [1.165, 1.54) is 11.0 Å². The second-order valence-electron chi connectivity index (χ2n) is 17.0. The summed E-state index contributed by atoms with van der Waals surface area (Å²) in [6.07, 6.45) is 11.6. The number of amides is 2. The van der Waals surface area contributed by atoms with Gasteiger partial charge in [0.05, 0.1) is 50.3 Å². The number of hydrogen-bond donors (Lipinski definition) is 7. The SMILES string of the molecule is O=C(NC1CCC(Nc2nc(Cl)nc3c2ncn3[C@H]2CC[C@@H](n3ncc(CO)n3)C2)CC1)N1CCC(Nc2nc(Cl)nc3c2ncn3[C@@H]2C[C@H](n3ncc(CO)n3)[C@@H](O)[C@H]2O)CC1. The normalized spacial score (nSPS) is 26.9. The molecule has 63 heavy (non-hydrogen) atoms. The number of carbonyl (C=O) groups is 1. The van der Waals surface area contributed by atoms with E-state index < -0.39 is 24.3 Å². The standard InChI is InChI=1S/C38H48Cl2N18O5/c39-36-48-32(28-34(50-36)55(17-41-28)24-5-6-25(11-24)57-43-13-22(15-59)52-57)45-19-1-3-20(4-2-19)47-38(63)54-9-7-21(8-10-54)46-33-29-35(51-37(40)49-33)56(18-42-29)26-12-27(31(62)30(26)61)58-44-14-23(16-60)53-58/h13-14,17-21,24-27,30-31,59-62H,1-12,15-16H2,(H,47,63)(H,45,48,50)(H,46,49,51)/t19?,20?,24-,25+,26+,27-,30-,31+/m0/s1. The lowest BCUT2D eigenvalue weighted by Gasteiger charge is -2.35. The Morgan fingerprint density at radius 3 is 1.83 bits per heavy atom. The Hall–Kier alpha value is -5.33. The van der Waals surface area contributed by atoms with Crippen LogP contribution in [0.5, 0.6) is 0 Å². The molecule has 0 bridgehead atoms. The number of likely N-dealkylation sites (tertiary alicyclic amines) is 1. The van der Waals surface area contributed by atoms with Crippen molar-refractivity contribution in [2.24, 2.45) is 0 Å². The fraction of sp³-hybridized carbons (Fsp3) is 0.605. The number of aliphatic hydroxyl groups excluding tert-OH is 4. The smallest absolute Gasteiger partial charge is 0.317 e. The highest BCUT2D eigenvalue weighted by atomic mass is 35.5. The molecule has 6 aromatic heterocycles. The van der Waals surface area contributed by atoms with Gasteiger partial charge in [-0.15, -0.1) is 0 Å². The van der Waals surface area contributed by atoms with Crippen LogP contribution in [0.3, 0.4) is 0 Å². The molecule has 4 fully saturated rings. The highest BCUT2D eigenvalue weighted by molar-refractivity contribution is 6.29. The monoisotopic (exact) mass is 906 g/mol. The maximum absolute atomic E-state index is 13.5. The fourth-order valence-corrected chi connectivity index (χ4v) is 10.1. The first-order chi connectivity index (χ1) is 30.6. The van der Waals surface area contributed by atoms with Gasteiger partial charge in [-0.25, -0.2) is 14.8 Å². The van der Waals surface area contributed by atoms with E-state index in [2.05, 4.69) is 65.8 Å². The minimum Gasteiger partial charge on any atom is -0.390 e. The van der Waals surface area contributed by atoms with Gasteiger partial charge in [0.2, 0.25) is 10.6 Å². The third-order valence-corrected chi connectivity index (χ3v) is 13.5. The van der Waals surface area contributed by atoms with Gasteiger partial charge in [-0.2, -0.15) is 49.9 Å². The molecule has 23 nitrogen and oxygen atoms in total. The van der Waals surface area contributed by atoms with Gasteiger partial charge < -0.3 is 50.4 Å². The molecule has 7 heterocycles. The highest BCUT2D eigenvalue weighted by Gasteiger charge is 2.45. The molecular weight excluding hydrogens is 859 g/mol. The van der Waals surface area contributed by atoms with Crippen molar-refractivity contribution in [1.82, 2.24) is 79.2 Å². The van der Waals surface area contributed by atoms with E-state index in [1.54, 1.807) is 28.2 Å². The van der Waals surface area contributed by atoms with Crippen LogP contribution in [0.2, 0.25) is 10.6 Å². The zero-order valence-corrected chi connectivity index (χ0v) is 35.6. The Labute approximate surface area is 369 Å². The molecule has 3 saturated carbocycles. The first-order valence-corrected chi connectivity index (χ1v) is 22.2. The second-order valence-corrected chi connectivity index (χ2v) is 17.7. The van der Waals surface area contributed by atoms with Crippen LogP contribution in [0.4, 0.5) is 16.4 Å². The molecule has 2 amide bonds. The molecule has 0 spiro atoms. The van der Waals surface area contributed by atoms with Gasteiger partial charge >= 0.3 is 6.03 Å². The predicted octanol–water partition coefficient (Wildman–Crippen LogP) is 2.32. The Bertz CT molecular complexity index is 2580. The molecule has 1 saturated heterocycles. The number of nitrogens with one attached hydrogen (secondary N) is 3. The Balaban J connectivity index is 0.709. The van der Waals surface area contributed by atoms with Crippen LogP contribution in [-0.4, -0.2) is 144 Å². The first kappa shape index (κ1) is 41.7. The molecule has 3 aliphatic carbocycles. The average Bonchev–Trinajstić information content (AvgIpc) is 4.15. The third-order valence-electron chi connectivity index (χ3n) is 13.1. The molecule has 10 rings (SSSR count). The van der Waals surface area contributed by atoms with Crippen molar-refractivity contribution in [3.05, 3.63) is 47.0 Å². The predicted molar refractivity (Wildman–Crippen MR) is 226 cm³/mol. The van der Waals surface area contributed by atoms with Crippen LogP contribution in [0.1, 0.15) is 99.8 Å². The van der Waals surface area contributed by atoms with Gasteiger partial charge in [0, 0.05) is 37.3 Å². The quantitative estimate of drug-likeness (QED) is 0.0919. The average molecular weight is 908 g/mol. The number of halogens is 2. The number of urea groups is 1. The van der Waals surface area contributed by atoms with Gasteiger partial charge in [-0.05, 0) is 87.4 Å². The van der Waals surface area contributed by atoms with Crippen LogP contribution < -0.4 is 16.0 Å². The highest BCUT2D eigenvalue weighted by Crippen LogP contribution is 2.41. The van der Waals surface area contributed by atoms with E-state index in [9.17, 15) is 25.2 Å². The van der Waals surface area contributed by atoms with Crippen LogP contribution in [-0.2, 0) is 13.2 Å². The summed E-state index contributed by atoms with van der Waals surface area (Å²) < 4.78 is 3.76. The van der Waals surface area contributed by atoms with Crippen molar-refractivity contribution < 1.29 is 25.2 Å². The minimum atomic E-state index is -1.16. The minimum absolute atomic E-state index is 0.00146. The van der Waals surface area contributed by atoms with Crippen LogP contribution in [0.15, 0.2) is 25.0 Å². The topological polar surface area (TPSA) is 286 Å². The van der Waals surface area contributed by atoms with Crippen molar-refractivity contribution in [2.45, 2.75) is 132 Å². The summed E-state index contributed by atoms with van der Waals surface area (Å²) in [5.41, 5.74) is 3.13. The van der Waals surface area contributed by atoms with E-state index in [1.807, 2.05) is 4.90 Å². The van der Waals surface area contributed by atoms with E-state index in [0.717, 1.165) is 44.9 Å². The van der Waals surface area contributed by atoms with Gasteiger partial charge in [-0.1, -0.05) is 0 Å². The van der Waals surface area contributed by atoms with Crippen LogP contribution in [0, 0.1) is 0 Å². The van der Waals surface area contributed by atoms with Crippen molar-refractivity contribution in [3.63, 3.8) is 0 Å². The summed E-state index contributed by atoms with van der Waals surface area (Å²) in [5.74, 6) is 1.05. The van der Waals surface area contributed by atoms with E-state index in [0.29, 0.717) is 71.3 Å². The number of nitrogens with zero attached hydrogens (tertiary/aromatic N) is 15. The lowest BCUT2D eigenvalue weighted by Crippen LogP contribution is -2.50. The number of aliphatic hydroxyl groups is 4. The summed E-state index contributed by atoms with van der Waals surface area (Å²) in [4.78, 5) is 45.5. The van der Waals surface area contributed by atoms with Crippen LogP contribution >= 0.6 is 23.2 Å². The Morgan fingerprint density at radius 2 is 1.19 bits per heavy atom. The third kappa shape index (κ3) is 8.21. The zero-order valence-electron chi connectivity index (χ0n) is 34.1. The van der Waals surface area contributed by atoms with Crippen molar-refractivity contribution >= 4 is 63.2 Å². The van der Waals surface area contributed by atoms with Crippen LogP contribution in [0.25, 0.3) is 22.3 Å².